The molecule has 3 aromatic carbocycles. The molecule has 1 N–H and O–H groups in total. The van der Waals surface area contributed by atoms with Gasteiger partial charge in [-0.2, -0.15) is 0 Å². The van der Waals surface area contributed by atoms with Crippen molar-refractivity contribution in [3.63, 3.8) is 0 Å². The molecular formula is C27H24ClFN4O. The summed E-state index contributed by atoms with van der Waals surface area (Å²) < 4.78 is 13.2. The van der Waals surface area contributed by atoms with Gasteiger partial charge in [-0.3, -0.25) is 4.79 Å². The minimum absolute atomic E-state index is 0.145. The highest BCUT2D eigenvalue weighted by atomic mass is 35.5. The first kappa shape index (κ1) is 22.3. The van der Waals surface area contributed by atoms with Crippen molar-refractivity contribution in [2.45, 2.75) is 31.7 Å². The minimum atomic E-state index is -0.339. The Labute approximate surface area is 202 Å². The smallest absolute Gasteiger partial charge is 0.226 e. The highest BCUT2D eigenvalue weighted by Crippen LogP contribution is 2.40. The van der Waals surface area contributed by atoms with E-state index in [-0.39, 0.29) is 18.1 Å². The SMILES string of the molecule is O=C(CCN(Cc1ccccc1)c1nc(C2CC2)nc2cc(Cl)ccc12)Nc1ccc(F)cc1. The Kier molecular flexibility index (Phi) is 6.41. The first-order valence-corrected chi connectivity index (χ1v) is 11.7. The molecule has 1 amide bonds. The molecule has 1 aliphatic carbocycles. The van der Waals surface area contributed by atoms with Crippen LogP contribution >= 0.6 is 11.6 Å². The van der Waals surface area contributed by atoms with Crippen molar-refractivity contribution in [2.24, 2.45) is 0 Å². The molecule has 0 atom stereocenters. The molecule has 0 saturated heterocycles. The van der Waals surface area contributed by atoms with Crippen LogP contribution in [0.1, 0.15) is 36.6 Å². The predicted molar refractivity (Wildman–Crippen MR) is 134 cm³/mol. The van der Waals surface area contributed by atoms with Crippen molar-refractivity contribution < 1.29 is 9.18 Å². The number of carbonyl (C=O) groups excluding carboxylic acids is 1. The fourth-order valence-electron chi connectivity index (χ4n) is 3.93. The maximum Gasteiger partial charge on any atom is 0.226 e. The molecule has 1 aliphatic rings. The van der Waals surface area contributed by atoms with Gasteiger partial charge in [0.1, 0.15) is 17.5 Å². The number of rotatable bonds is 8. The van der Waals surface area contributed by atoms with Crippen LogP contribution in [0.2, 0.25) is 5.02 Å². The average molecular weight is 475 g/mol. The second-order valence-electron chi connectivity index (χ2n) is 8.55. The molecule has 0 aliphatic heterocycles. The Morgan fingerprint density at radius 1 is 1.03 bits per heavy atom. The minimum Gasteiger partial charge on any atom is -0.351 e. The molecule has 0 bridgehead atoms. The normalized spacial score (nSPS) is 13.1. The summed E-state index contributed by atoms with van der Waals surface area (Å²) in [7, 11) is 0. The maximum atomic E-state index is 13.2. The van der Waals surface area contributed by atoms with Crippen LogP contribution in [-0.4, -0.2) is 22.4 Å². The zero-order chi connectivity index (χ0) is 23.5. The topological polar surface area (TPSA) is 58.1 Å². The van der Waals surface area contributed by atoms with Gasteiger partial charge in [-0.05, 0) is 60.9 Å². The summed E-state index contributed by atoms with van der Waals surface area (Å²) in [5.74, 6) is 1.53. The molecule has 5 nitrogen and oxygen atoms in total. The van der Waals surface area contributed by atoms with Crippen molar-refractivity contribution >= 4 is 39.9 Å². The van der Waals surface area contributed by atoms with E-state index >= 15 is 0 Å². The van der Waals surface area contributed by atoms with E-state index in [1.807, 2.05) is 36.4 Å². The van der Waals surface area contributed by atoms with E-state index < -0.39 is 0 Å². The fourth-order valence-corrected chi connectivity index (χ4v) is 4.09. The van der Waals surface area contributed by atoms with Crippen molar-refractivity contribution in [3.05, 3.63) is 95.0 Å². The van der Waals surface area contributed by atoms with E-state index in [2.05, 4.69) is 22.3 Å². The molecule has 5 rings (SSSR count). The number of nitrogens with one attached hydrogen (secondary N) is 1. The Morgan fingerprint density at radius 3 is 2.53 bits per heavy atom. The van der Waals surface area contributed by atoms with Crippen LogP contribution in [0.3, 0.4) is 0 Å². The second kappa shape index (κ2) is 9.77. The van der Waals surface area contributed by atoms with E-state index in [4.69, 9.17) is 21.6 Å². The molecule has 172 valence electrons. The van der Waals surface area contributed by atoms with Crippen LogP contribution in [0, 0.1) is 5.82 Å². The fraction of sp³-hybridized carbons (Fsp3) is 0.222. The lowest BCUT2D eigenvalue weighted by Crippen LogP contribution is -2.29. The van der Waals surface area contributed by atoms with Crippen molar-refractivity contribution in [1.82, 2.24) is 9.97 Å². The van der Waals surface area contributed by atoms with Crippen LogP contribution in [0.15, 0.2) is 72.8 Å². The van der Waals surface area contributed by atoms with Crippen LogP contribution in [0.5, 0.6) is 0 Å². The summed E-state index contributed by atoms with van der Waals surface area (Å²) >= 11 is 6.27. The summed E-state index contributed by atoms with van der Waals surface area (Å²) in [6, 6.07) is 21.5. The lowest BCUT2D eigenvalue weighted by molar-refractivity contribution is -0.116. The third kappa shape index (κ3) is 5.34. The molecule has 0 radical (unpaired) electrons. The first-order chi connectivity index (χ1) is 16.5. The number of benzene rings is 3. The van der Waals surface area contributed by atoms with Gasteiger partial charge in [0, 0.05) is 41.5 Å². The zero-order valence-corrected chi connectivity index (χ0v) is 19.3. The largest absolute Gasteiger partial charge is 0.351 e. The van der Waals surface area contributed by atoms with E-state index in [0.717, 1.165) is 41.0 Å². The van der Waals surface area contributed by atoms with Crippen molar-refractivity contribution in [3.8, 4) is 0 Å². The Balaban J connectivity index is 1.44. The molecule has 0 unspecified atom stereocenters. The molecule has 4 aromatic rings. The van der Waals surface area contributed by atoms with Crippen LogP contribution in [0.4, 0.5) is 15.9 Å². The lowest BCUT2D eigenvalue weighted by Gasteiger charge is -2.25. The summed E-state index contributed by atoms with van der Waals surface area (Å²) in [6.07, 6.45) is 2.43. The van der Waals surface area contributed by atoms with Gasteiger partial charge in [0.15, 0.2) is 0 Å². The van der Waals surface area contributed by atoms with Crippen LogP contribution < -0.4 is 10.2 Å². The summed E-state index contributed by atoms with van der Waals surface area (Å²) in [6.45, 7) is 1.06. The second-order valence-corrected chi connectivity index (χ2v) is 8.99. The Bertz CT molecular complexity index is 1310. The molecule has 1 aromatic heterocycles. The summed E-state index contributed by atoms with van der Waals surface area (Å²) in [5, 5.41) is 4.38. The number of halogens is 2. The number of fused-ring (bicyclic) bond motifs is 1. The number of hydrogen-bond donors (Lipinski definition) is 1. The van der Waals surface area contributed by atoms with Crippen LogP contribution in [0.25, 0.3) is 10.9 Å². The predicted octanol–water partition coefficient (Wildman–Crippen LogP) is 6.34. The monoisotopic (exact) mass is 474 g/mol. The molecule has 7 heteroatoms. The Hall–Kier alpha value is -3.51. The average Bonchev–Trinajstić information content (AvgIpc) is 3.69. The first-order valence-electron chi connectivity index (χ1n) is 11.4. The number of amides is 1. The Morgan fingerprint density at radius 2 is 1.79 bits per heavy atom. The van der Waals surface area contributed by atoms with E-state index in [9.17, 15) is 9.18 Å². The number of carbonyl (C=O) groups is 1. The molecule has 0 spiro atoms. The summed E-state index contributed by atoms with van der Waals surface area (Å²) in [4.78, 5) is 24.6. The quantitative estimate of drug-likeness (QED) is 0.324. The maximum absolute atomic E-state index is 13.2. The summed E-state index contributed by atoms with van der Waals surface area (Å²) in [5.41, 5.74) is 2.50. The van der Waals surface area contributed by atoms with Gasteiger partial charge in [0.25, 0.3) is 0 Å². The standard InChI is InChI=1S/C27H24ClFN4O/c28-20-8-13-23-24(16-20)31-26(19-6-7-19)32-27(23)33(17-18-4-2-1-3-5-18)15-14-25(34)30-22-11-9-21(29)10-12-22/h1-5,8-13,16,19H,6-7,14-15,17H2,(H,30,34). The van der Waals surface area contributed by atoms with Gasteiger partial charge < -0.3 is 10.2 Å². The molecule has 34 heavy (non-hydrogen) atoms. The van der Waals surface area contributed by atoms with E-state index in [1.54, 1.807) is 12.1 Å². The number of anilines is 2. The molecule has 1 heterocycles. The van der Waals surface area contributed by atoms with Crippen molar-refractivity contribution in [2.75, 3.05) is 16.8 Å². The van der Waals surface area contributed by atoms with Crippen molar-refractivity contribution in [1.29, 1.82) is 0 Å². The number of hydrogen-bond acceptors (Lipinski definition) is 4. The van der Waals surface area contributed by atoms with Gasteiger partial charge in [-0.15, -0.1) is 0 Å². The third-order valence-electron chi connectivity index (χ3n) is 5.85. The van der Waals surface area contributed by atoms with E-state index in [0.29, 0.717) is 29.7 Å². The molecule has 1 saturated carbocycles. The lowest BCUT2D eigenvalue weighted by atomic mass is 10.1. The molecule has 1 fully saturated rings. The van der Waals surface area contributed by atoms with Gasteiger partial charge >= 0.3 is 0 Å². The van der Waals surface area contributed by atoms with Crippen LogP contribution in [-0.2, 0) is 11.3 Å². The highest BCUT2D eigenvalue weighted by molar-refractivity contribution is 6.31. The molecular weight excluding hydrogens is 451 g/mol. The highest BCUT2D eigenvalue weighted by Gasteiger charge is 2.28. The van der Waals surface area contributed by atoms with Gasteiger partial charge in [-0.1, -0.05) is 41.9 Å². The van der Waals surface area contributed by atoms with Gasteiger partial charge in [0.05, 0.1) is 5.52 Å². The van der Waals surface area contributed by atoms with Gasteiger partial charge in [0.2, 0.25) is 5.91 Å². The van der Waals surface area contributed by atoms with Gasteiger partial charge in [-0.25, -0.2) is 14.4 Å². The number of aromatic nitrogens is 2. The number of nitrogens with zero attached hydrogens (tertiary/aromatic N) is 3. The third-order valence-corrected chi connectivity index (χ3v) is 6.09. The van der Waals surface area contributed by atoms with E-state index in [1.165, 1.54) is 12.1 Å². The zero-order valence-electron chi connectivity index (χ0n) is 18.5.